The van der Waals surface area contributed by atoms with Crippen LogP contribution < -0.4 is 5.73 Å². The minimum absolute atomic E-state index is 0.121. The molecule has 98 valence electrons. The van der Waals surface area contributed by atoms with Crippen LogP contribution in [-0.4, -0.2) is 43.2 Å². The van der Waals surface area contributed by atoms with Gasteiger partial charge in [0.1, 0.15) is 0 Å². The predicted molar refractivity (Wildman–Crippen MR) is 66.5 cm³/mol. The maximum Gasteiger partial charge on any atom is 0.225 e. The molecular formula is C13H24N2O2. The summed E-state index contributed by atoms with van der Waals surface area (Å²) in [5.41, 5.74) is 5.57. The summed E-state index contributed by atoms with van der Waals surface area (Å²) in [5.74, 6) is 0.991. The quantitative estimate of drug-likeness (QED) is 0.801. The fraction of sp³-hybridized carbons (Fsp3) is 0.923. The highest BCUT2D eigenvalue weighted by Crippen LogP contribution is 2.37. The van der Waals surface area contributed by atoms with Crippen LogP contribution in [0.25, 0.3) is 0 Å². The van der Waals surface area contributed by atoms with Crippen LogP contribution in [0.1, 0.15) is 38.5 Å². The second-order valence-corrected chi connectivity index (χ2v) is 5.29. The number of ether oxygens (including phenoxy) is 1. The predicted octanol–water partition coefficient (Wildman–Crippen LogP) is 1.14. The molecule has 0 radical (unpaired) electrons. The van der Waals surface area contributed by atoms with Crippen molar-refractivity contribution in [2.45, 2.75) is 50.7 Å². The molecule has 1 saturated carbocycles. The average molecular weight is 240 g/mol. The van der Waals surface area contributed by atoms with Crippen LogP contribution in [0.2, 0.25) is 0 Å². The molecule has 0 bridgehead atoms. The minimum Gasteiger partial charge on any atom is -0.380 e. The zero-order chi connectivity index (χ0) is 12.3. The number of hydrogen-bond acceptors (Lipinski definition) is 3. The average Bonchev–Trinajstić information content (AvgIpc) is 2.83. The van der Waals surface area contributed by atoms with Gasteiger partial charge in [-0.3, -0.25) is 4.79 Å². The third kappa shape index (κ3) is 2.80. The molecule has 0 aromatic carbocycles. The SMILES string of the molecule is COC(CN)CC(=O)N1CCCC2CCCC21. The molecule has 2 aliphatic rings. The Morgan fingerprint density at radius 1 is 1.41 bits per heavy atom. The van der Waals surface area contributed by atoms with Crippen LogP contribution in [0.4, 0.5) is 0 Å². The Labute approximate surface area is 103 Å². The molecule has 2 fully saturated rings. The van der Waals surface area contributed by atoms with Crippen LogP contribution >= 0.6 is 0 Å². The third-order valence-electron chi connectivity index (χ3n) is 4.31. The second-order valence-electron chi connectivity index (χ2n) is 5.29. The summed E-state index contributed by atoms with van der Waals surface area (Å²) in [6, 6.07) is 0.506. The van der Waals surface area contributed by atoms with Crippen LogP contribution in [0.5, 0.6) is 0 Å². The van der Waals surface area contributed by atoms with E-state index in [-0.39, 0.29) is 12.0 Å². The van der Waals surface area contributed by atoms with Crippen molar-refractivity contribution in [1.29, 1.82) is 0 Å². The lowest BCUT2D eigenvalue weighted by Gasteiger charge is -2.38. The summed E-state index contributed by atoms with van der Waals surface area (Å²) in [4.78, 5) is 14.4. The van der Waals surface area contributed by atoms with Crippen molar-refractivity contribution in [3.05, 3.63) is 0 Å². The summed E-state index contributed by atoms with van der Waals surface area (Å²) in [5, 5.41) is 0. The molecule has 1 saturated heterocycles. The lowest BCUT2D eigenvalue weighted by atomic mass is 9.91. The Kier molecular flexibility index (Phi) is 4.40. The Bertz CT molecular complexity index is 266. The number of nitrogens with two attached hydrogens (primary N) is 1. The van der Waals surface area contributed by atoms with Crippen LogP contribution in [0.3, 0.4) is 0 Å². The molecular weight excluding hydrogens is 216 g/mol. The van der Waals surface area contributed by atoms with Gasteiger partial charge in [0.2, 0.25) is 5.91 Å². The molecule has 4 nitrogen and oxygen atoms in total. The molecule has 2 N–H and O–H groups in total. The van der Waals surface area contributed by atoms with Gasteiger partial charge in [-0.1, -0.05) is 6.42 Å². The molecule has 1 aliphatic heterocycles. The number of carbonyl (C=O) groups excluding carboxylic acids is 1. The highest BCUT2D eigenvalue weighted by Gasteiger charge is 2.37. The van der Waals surface area contributed by atoms with Crippen molar-refractivity contribution >= 4 is 5.91 Å². The van der Waals surface area contributed by atoms with E-state index in [1.165, 1.54) is 25.7 Å². The van der Waals surface area contributed by atoms with Crippen molar-refractivity contribution in [3.8, 4) is 0 Å². The summed E-state index contributed by atoms with van der Waals surface area (Å²) >= 11 is 0. The van der Waals surface area contributed by atoms with Gasteiger partial charge in [0.05, 0.1) is 12.5 Å². The van der Waals surface area contributed by atoms with Gasteiger partial charge < -0.3 is 15.4 Å². The molecule has 0 aromatic heterocycles. The van der Waals surface area contributed by atoms with Gasteiger partial charge in [-0.2, -0.15) is 0 Å². The summed E-state index contributed by atoms with van der Waals surface area (Å²) in [6.07, 6.45) is 6.56. The van der Waals surface area contributed by atoms with E-state index < -0.39 is 0 Å². The van der Waals surface area contributed by atoms with Crippen molar-refractivity contribution in [1.82, 2.24) is 4.90 Å². The highest BCUT2D eigenvalue weighted by molar-refractivity contribution is 5.77. The van der Waals surface area contributed by atoms with Gasteiger partial charge in [0.15, 0.2) is 0 Å². The van der Waals surface area contributed by atoms with Gasteiger partial charge in [-0.25, -0.2) is 0 Å². The van der Waals surface area contributed by atoms with Gasteiger partial charge in [-0.05, 0) is 31.6 Å². The van der Waals surface area contributed by atoms with Gasteiger partial charge in [-0.15, -0.1) is 0 Å². The van der Waals surface area contributed by atoms with E-state index in [1.54, 1.807) is 7.11 Å². The largest absolute Gasteiger partial charge is 0.380 e. The Balaban J connectivity index is 1.93. The number of amides is 1. The molecule has 4 heteroatoms. The maximum absolute atomic E-state index is 12.3. The van der Waals surface area contributed by atoms with E-state index in [2.05, 4.69) is 4.90 Å². The van der Waals surface area contributed by atoms with Crippen molar-refractivity contribution in [3.63, 3.8) is 0 Å². The summed E-state index contributed by atoms with van der Waals surface area (Å²) in [7, 11) is 1.62. The van der Waals surface area contributed by atoms with E-state index in [4.69, 9.17) is 10.5 Å². The first-order chi connectivity index (χ1) is 8.26. The van der Waals surface area contributed by atoms with Gasteiger partial charge >= 0.3 is 0 Å². The molecule has 0 aromatic rings. The topological polar surface area (TPSA) is 55.6 Å². The lowest BCUT2D eigenvalue weighted by molar-refractivity contribution is -0.138. The Hall–Kier alpha value is -0.610. The molecule has 0 spiro atoms. The number of rotatable bonds is 4. The van der Waals surface area contributed by atoms with Crippen LogP contribution in [-0.2, 0) is 9.53 Å². The van der Waals surface area contributed by atoms with Crippen molar-refractivity contribution in [2.75, 3.05) is 20.2 Å². The zero-order valence-corrected chi connectivity index (χ0v) is 10.7. The monoisotopic (exact) mass is 240 g/mol. The Morgan fingerprint density at radius 2 is 2.18 bits per heavy atom. The number of carbonyl (C=O) groups is 1. The maximum atomic E-state index is 12.3. The van der Waals surface area contributed by atoms with Crippen molar-refractivity contribution in [2.24, 2.45) is 11.7 Å². The smallest absolute Gasteiger partial charge is 0.225 e. The second kappa shape index (κ2) is 5.83. The number of piperidine rings is 1. The van der Waals surface area contributed by atoms with Crippen LogP contribution in [0, 0.1) is 5.92 Å². The number of hydrogen-bond donors (Lipinski definition) is 1. The van der Waals surface area contributed by atoms with E-state index in [1.807, 2.05) is 0 Å². The number of likely N-dealkylation sites (tertiary alicyclic amines) is 1. The van der Waals surface area contributed by atoms with Crippen molar-refractivity contribution < 1.29 is 9.53 Å². The molecule has 3 unspecified atom stereocenters. The third-order valence-corrected chi connectivity index (χ3v) is 4.31. The minimum atomic E-state index is -0.121. The van der Waals surface area contributed by atoms with E-state index >= 15 is 0 Å². The number of nitrogens with zero attached hydrogens (tertiary/aromatic N) is 1. The molecule has 1 aliphatic carbocycles. The summed E-state index contributed by atoms with van der Waals surface area (Å²) in [6.45, 7) is 1.35. The fourth-order valence-corrected chi connectivity index (χ4v) is 3.34. The number of methoxy groups -OCH3 is 1. The summed E-state index contributed by atoms with van der Waals surface area (Å²) < 4.78 is 5.20. The Morgan fingerprint density at radius 3 is 2.88 bits per heavy atom. The first kappa shape index (κ1) is 12.8. The first-order valence-corrected chi connectivity index (χ1v) is 6.78. The first-order valence-electron chi connectivity index (χ1n) is 6.78. The molecule has 1 amide bonds. The van der Waals surface area contributed by atoms with E-state index in [9.17, 15) is 4.79 Å². The van der Waals surface area contributed by atoms with Gasteiger partial charge in [0.25, 0.3) is 0 Å². The standard InChI is InChI=1S/C13H24N2O2/c1-17-11(9-14)8-13(16)15-7-3-5-10-4-2-6-12(10)15/h10-12H,2-9,14H2,1H3. The highest BCUT2D eigenvalue weighted by atomic mass is 16.5. The fourth-order valence-electron chi connectivity index (χ4n) is 3.34. The normalized spacial score (nSPS) is 30.1. The van der Waals surface area contributed by atoms with E-state index in [0.29, 0.717) is 19.0 Å². The van der Waals surface area contributed by atoms with Gasteiger partial charge in [0, 0.05) is 26.2 Å². The van der Waals surface area contributed by atoms with Crippen LogP contribution in [0.15, 0.2) is 0 Å². The molecule has 3 atom stereocenters. The molecule has 17 heavy (non-hydrogen) atoms. The molecule has 2 rings (SSSR count). The van der Waals surface area contributed by atoms with E-state index in [0.717, 1.165) is 18.9 Å². The molecule has 1 heterocycles. The number of fused-ring (bicyclic) bond motifs is 1. The zero-order valence-electron chi connectivity index (χ0n) is 10.7. The lowest BCUT2D eigenvalue weighted by Crippen LogP contribution is -2.47.